The molecule has 2 aromatic carbocycles. The van der Waals surface area contributed by atoms with Crippen molar-refractivity contribution in [1.82, 2.24) is 4.98 Å². The van der Waals surface area contributed by atoms with Gasteiger partial charge in [0.15, 0.2) is 0 Å². The Bertz CT molecular complexity index is 823. The number of carboxylic acid groups (broad SMARTS) is 1. The minimum Gasteiger partial charge on any atom is -0.465 e. The number of nitrogens with one attached hydrogen (secondary N) is 1. The molecule has 0 spiro atoms. The van der Waals surface area contributed by atoms with Crippen LogP contribution in [0.15, 0.2) is 78.0 Å². The number of amides is 1. The molecule has 5 heteroatoms. The summed E-state index contributed by atoms with van der Waals surface area (Å²) < 4.78 is 0. The summed E-state index contributed by atoms with van der Waals surface area (Å²) in [4.78, 5) is 16.3. The summed E-state index contributed by atoms with van der Waals surface area (Å²) in [6.07, 6.45) is 2.30. The molecular weight excluding hydrogens is 320 g/mol. The average Bonchev–Trinajstić information content (AvgIpc) is 2.62. The van der Waals surface area contributed by atoms with Crippen molar-refractivity contribution in [3.63, 3.8) is 0 Å². The molecule has 1 amide bonds. The van der Waals surface area contributed by atoms with Crippen molar-refractivity contribution < 1.29 is 9.90 Å². The first-order chi connectivity index (χ1) is 11.7. The van der Waals surface area contributed by atoms with Crippen molar-refractivity contribution in [1.29, 1.82) is 0 Å². The Labute approximate surface area is 144 Å². The molecule has 0 aliphatic rings. The summed E-state index contributed by atoms with van der Waals surface area (Å²) in [6.45, 7) is 0. The maximum atomic E-state index is 11.2. The largest absolute Gasteiger partial charge is 0.465 e. The van der Waals surface area contributed by atoms with Crippen molar-refractivity contribution in [2.75, 3.05) is 5.32 Å². The third kappa shape index (κ3) is 3.94. The maximum Gasteiger partial charge on any atom is 0.409 e. The number of hydrogen-bond acceptors (Lipinski definition) is 3. The van der Waals surface area contributed by atoms with E-state index in [1.54, 1.807) is 24.2 Å². The number of carbonyl (C=O) groups is 1. The highest BCUT2D eigenvalue weighted by Crippen LogP contribution is 2.36. The lowest BCUT2D eigenvalue weighted by Crippen LogP contribution is -2.09. The Morgan fingerprint density at radius 2 is 1.67 bits per heavy atom. The predicted octanol–water partition coefficient (Wildman–Crippen LogP) is 5.13. The van der Waals surface area contributed by atoms with Gasteiger partial charge in [-0.05, 0) is 11.1 Å². The molecule has 24 heavy (non-hydrogen) atoms. The van der Waals surface area contributed by atoms with Gasteiger partial charge in [-0.25, -0.2) is 4.79 Å². The summed E-state index contributed by atoms with van der Waals surface area (Å²) >= 11 is 1.56. The van der Waals surface area contributed by atoms with E-state index in [0.717, 1.165) is 21.8 Å². The Kier molecular flexibility index (Phi) is 5.13. The van der Waals surface area contributed by atoms with Crippen LogP contribution >= 0.6 is 11.8 Å². The van der Waals surface area contributed by atoms with E-state index in [2.05, 4.69) is 10.3 Å². The summed E-state index contributed by atoms with van der Waals surface area (Å²) in [5, 5.41) is 11.7. The molecule has 0 saturated heterocycles. The van der Waals surface area contributed by atoms with Crippen LogP contribution in [0.4, 0.5) is 10.5 Å². The van der Waals surface area contributed by atoms with Crippen LogP contribution in [-0.4, -0.2) is 16.2 Å². The van der Waals surface area contributed by atoms with Gasteiger partial charge in [0.1, 0.15) is 0 Å². The summed E-state index contributed by atoms with van der Waals surface area (Å²) in [7, 11) is 0. The van der Waals surface area contributed by atoms with Gasteiger partial charge in [-0.3, -0.25) is 10.3 Å². The molecule has 3 rings (SSSR count). The molecule has 0 aliphatic carbocycles. The molecule has 0 radical (unpaired) electrons. The van der Waals surface area contributed by atoms with Crippen LogP contribution < -0.4 is 5.32 Å². The van der Waals surface area contributed by atoms with E-state index < -0.39 is 6.09 Å². The second-order valence-corrected chi connectivity index (χ2v) is 6.15. The van der Waals surface area contributed by atoms with E-state index in [9.17, 15) is 9.90 Å². The van der Waals surface area contributed by atoms with E-state index in [0.29, 0.717) is 5.69 Å². The number of pyridine rings is 1. The number of nitrogens with zero attached hydrogens (tertiary/aromatic N) is 1. The quantitative estimate of drug-likeness (QED) is 0.634. The van der Waals surface area contributed by atoms with Gasteiger partial charge in [-0.1, -0.05) is 60.7 Å². The van der Waals surface area contributed by atoms with E-state index >= 15 is 0 Å². The van der Waals surface area contributed by atoms with E-state index in [1.807, 2.05) is 60.7 Å². The van der Waals surface area contributed by atoms with Crippen LogP contribution in [0.5, 0.6) is 0 Å². The first-order valence-corrected chi connectivity index (χ1v) is 8.42. The highest BCUT2D eigenvalue weighted by atomic mass is 32.2. The van der Waals surface area contributed by atoms with Crippen molar-refractivity contribution in [3.8, 4) is 11.1 Å². The first-order valence-electron chi connectivity index (χ1n) is 7.44. The van der Waals surface area contributed by atoms with Gasteiger partial charge in [-0.15, -0.1) is 11.8 Å². The summed E-state index contributed by atoms with van der Waals surface area (Å²) in [6, 6.07) is 19.7. The number of anilines is 1. The zero-order valence-electron chi connectivity index (χ0n) is 12.8. The molecular formula is C19H16N2O2S. The van der Waals surface area contributed by atoms with Gasteiger partial charge in [-0.2, -0.15) is 0 Å². The minimum atomic E-state index is -1.08. The fourth-order valence-electron chi connectivity index (χ4n) is 2.36. The van der Waals surface area contributed by atoms with Crippen LogP contribution in [0.1, 0.15) is 5.56 Å². The molecule has 1 heterocycles. The van der Waals surface area contributed by atoms with Crippen LogP contribution in [0.25, 0.3) is 11.1 Å². The van der Waals surface area contributed by atoms with Crippen LogP contribution in [0, 0.1) is 0 Å². The van der Waals surface area contributed by atoms with Crippen LogP contribution in [0.2, 0.25) is 0 Å². The lowest BCUT2D eigenvalue weighted by atomic mass is 10.1. The fraction of sp³-hybridized carbons (Fsp3) is 0.0526. The van der Waals surface area contributed by atoms with E-state index in [-0.39, 0.29) is 0 Å². The molecule has 0 unspecified atom stereocenters. The molecule has 0 saturated carbocycles. The Morgan fingerprint density at radius 3 is 2.33 bits per heavy atom. The third-order valence-electron chi connectivity index (χ3n) is 3.47. The maximum absolute atomic E-state index is 11.2. The second-order valence-electron chi connectivity index (χ2n) is 5.13. The molecule has 120 valence electrons. The van der Waals surface area contributed by atoms with Crippen LogP contribution in [0.3, 0.4) is 0 Å². The molecule has 1 aromatic heterocycles. The molecule has 0 fully saturated rings. The van der Waals surface area contributed by atoms with Crippen molar-refractivity contribution in [3.05, 3.63) is 78.6 Å². The van der Waals surface area contributed by atoms with Gasteiger partial charge >= 0.3 is 6.09 Å². The highest BCUT2D eigenvalue weighted by molar-refractivity contribution is 7.98. The molecule has 0 atom stereocenters. The number of benzene rings is 2. The van der Waals surface area contributed by atoms with E-state index in [1.165, 1.54) is 5.56 Å². The van der Waals surface area contributed by atoms with Gasteiger partial charge in [0.2, 0.25) is 0 Å². The monoisotopic (exact) mass is 336 g/mol. The standard InChI is InChI=1S/C19H16N2O2S/c22-19(23)21-18-16(15-9-5-2-6-10-15)11-20-12-17(18)24-13-14-7-3-1-4-8-14/h1-12H,13H2,(H,20,21)(H,22,23). The minimum absolute atomic E-state index is 0.574. The van der Waals surface area contributed by atoms with Crippen molar-refractivity contribution in [2.45, 2.75) is 10.6 Å². The van der Waals surface area contributed by atoms with Gasteiger partial charge in [0.25, 0.3) is 0 Å². The zero-order valence-corrected chi connectivity index (χ0v) is 13.7. The third-order valence-corrected chi connectivity index (χ3v) is 4.56. The highest BCUT2D eigenvalue weighted by Gasteiger charge is 2.14. The summed E-state index contributed by atoms with van der Waals surface area (Å²) in [5.41, 5.74) is 3.45. The number of aromatic nitrogens is 1. The van der Waals surface area contributed by atoms with Gasteiger partial charge in [0.05, 0.1) is 10.6 Å². The van der Waals surface area contributed by atoms with Gasteiger partial charge in [0, 0.05) is 23.7 Å². The smallest absolute Gasteiger partial charge is 0.409 e. The molecule has 4 nitrogen and oxygen atoms in total. The summed E-state index contributed by atoms with van der Waals surface area (Å²) in [5.74, 6) is 0.745. The Hall–Kier alpha value is -2.79. The lowest BCUT2D eigenvalue weighted by molar-refractivity contribution is 0.209. The van der Waals surface area contributed by atoms with Crippen molar-refractivity contribution in [2.24, 2.45) is 0 Å². The topological polar surface area (TPSA) is 62.2 Å². The number of hydrogen-bond donors (Lipinski definition) is 2. The molecule has 0 bridgehead atoms. The average molecular weight is 336 g/mol. The molecule has 0 aliphatic heterocycles. The van der Waals surface area contributed by atoms with Crippen molar-refractivity contribution >= 4 is 23.5 Å². The number of thioether (sulfide) groups is 1. The number of rotatable bonds is 5. The normalized spacial score (nSPS) is 10.3. The SMILES string of the molecule is O=C(O)Nc1c(SCc2ccccc2)cncc1-c1ccccc1. The van der Waals surface area contributed by atoms with E-state index in [4.69, 9.17) is 0 Å². The molecule has 3 aromatic rings. The predicted molar refractivity (Wildman–Crippen MR) is 97.3 cm³/mol. The van der Waals surface area contributed by atoms with Crippen LogP contribution in [-0.2, 0) is 5.75 Å². The Balaban J connectivity index is 1.94. The first kappa shape index (κ1) is 16.1. The fourth-order valence-corrected chi connectivity index (χ4v) is 3.31. The molecule has 2 N–H and O–H groups in total. The zero-order chi connectivity index (χ0) is 16.8. The Morgan fingerprint density at radius 1 is 1.00 bits per heavy atom. The lowest BCUT2D eigenvalue weighted by Gasteiger charge is -2.14. The van der Waals surface area contributed by atoms with Gasteiger partial charge < -0.3 is 5.11 Å². The second kappa shape index (κ2) is 7.66.